The molecule has 2 atom stereocenters. The van der Waals surface area contributed by atoms with Crippen LogP contribution in [0.4, 0.5) is 0 Å². The van der Waals surface area contributed by atoms with Gasteiger partial charge in [-0.15, -0.1) is 0 Å². The molecule has 0 radical (unpaired) electrons. The van der Waals surface area contributed by atoms with Crippen LogP contribution < -0.4 is 0 Å². The van der Waals surface area contributed by atoms with Crippen molar-refractivity contribution >= 4 is 0 Å². The van der Waals surface area contributed by atoms with E-state index in [-0.39, 0.29) is 12.2 Å². The molecule has 0 amide bonds. The monoisotopic (exact) mass is 244 g/mol. The molecule has 0 aromatic heterocycles. The van der Waals surface area contributed by atoms with E-state index in [1.165, 1.54) is 0 Å². The lowest BCUT2D eigenvalue weighted by atomic mass is 10.2. The van der Waals surface area contributed by atoms with Crippen LogP contribution in [-0.2, 0) is 0 Å². The Morgan fingerprint density at radius 3 is 1.59 bits per heavy atom. The Labute approximate surface area is 105 Å². The number of hydrogen-bond donors (Lipinski definition) is 2. The summed E-state index contributed by atoms with van der Waals surface area (Å²) < 4.78 is 0. The highest BCUT2D eigenvalue weighted by atomic mass is 16.3. The van der Waals surface area contributed by atoms with Gasteiger partial charge in [-0.25, -0.2) is 0 Å². The van der Waals surface area contributed by atoms with Gasteiger partial charge >= 0.3 is 0 Å². The summed E-state index contributed by atoms with van der Waals surface area (Å²) in [4.78, 5) is 4.68. The van der Waals surface area contributed by atoms with Gasteiger partial charge in [0.2, 0.25) is 0 Å². The fourth-order valence-corrected chi connectivity index (χ4v) is 2.24. The number of rotatable bonds is 6. The van der Waals surface area contributed by atoms with E-state index in [1.807, 2.05) is 13.8 Å². The second-order valence-electron chi connectivity index (χ2n) is 5.08. The van der Waals surface area contributed by atoms with Crippen molar-refractivity contribution in [1.82, 2.24) is 9.80 Å². The van der Waals surface area contributed by atoms with Crippen LogP contribution in [0.25, 0.3) is 0 Å². The van der Waals surface area contributed by atoms with Crippen molar-refractivity contribution in [3.8, 4) is 0 Å². The minimum Gasteiger partial charge on any atom is -0.392 e. The van der Waals surface area contributed by atoms with Gasteiger partial charge < -0.3 is 10.2 Å². The first-order chi connectivity index (χ1) is 8.15. The summed E-state index contributed by atoms with van der Waals surface area (Å²) in [5.41, 5.74) is 0. The Bertz CT molecular complexity index is 182. The van der Waals surface area contributed by atoms with Crippen molar-refractivity contribution in [2.75, 3.05) is 39.3 Å². The summed E-state index contributed by atoms with van der Waals surface area (Å²) >= 11 is 0. The molecule has 2 N–H and O–H groups in total. The summed E-state index contributed by atoms with van der Waals surface area (Å²) in [5.74, 6) is 0. The van der Waals surface area contributed by atoms with Crippen molar-refractivity contribution in [3.63, 3.8) is 0 Å². The van der Waals surface area contributed by atoms with Crippen molar-refractivity contribution in [2.24, 2.45) is 0 Å². The zero-order valence-electron chi connectivity index (χ0n) is 11.3. The molecule has 1 aliphatic heterocycles. The molecule has 0 aliphatic carbocycles. The first-order valence-electron chi connectivity index (χ1n) is 6.96. The second kappa shape index (κ2) is 8.03. The molecular formula is C13H28N2O2. The summed E-state index contributed by atoms with van der Waals surface area (Å²) in [6, 6.07) is 0. The zero-order valence-corrected chi connectivity index (χ0v) is 11.3. The Kier molecular flexibility index (Phi) is 7.04. The van der Waals surface area contributed by atoms with E-state index in [0.29, 0.717) is 0 Å². The van der Waals surface area contributed by atoms with Gasteiger partial charge in [-0.05, 0) is 32.4 Å². The molecule has 0 spiro atoms. The van der Waals surface area contributed by atoms with E-state index < -0.39 is 0 Å². The highest BCUT2D eigenvalue weighted by Crippen LogP contribution is 2.06. The SMILES string of the molecule is CC[C@@H](O)CN1CCCN(C[C@H](O)CC)CC1. The van der Waals surface area contributed by atoms with Crippen molar-refractivity contribution in [1.29, 1.82) is 0 Å². The van der Waals surface area contributed by atoms with E-state index in [0.717, 1.165) is 58.5 Å². The first-order valence-corrected chi connectivity index (χ1v) is 6.96. The van der Waals surface area contributed by atoms with Crippen molar-refractivity contribution in [3.05, 3.63) is 0 Å². The third-order valence-corrected chi connectivity index (χ3v) is 3.56. The molecule has 1 aliphatic rings. The van der Waals surface area contributed by atoms with Crippen LogP contribution in [0.3, 0.4) is 0 Å². The number of nitrogens with zero attached hydrogens (tertiary/aromatic N) is 2. The van der Waals surface area contributed by atoms with Gasteiger partial charge in [0.25, 0.3) is 0 Å². The van der Waals surface area contributed by atoms with Gasteiger partial charge in [-0.3, -0.25) is 9.80 Å². The highest BCUT2D eigenvalue weighted by molar-refractivity contribution is 4.73. The molecule has 1 heterocycles. The fourth-order valence-electron chi connectivity index (χ4n) is 2.24. The van der Waals surface area contributed by atoms with Gasteiger partial charge in [0.05, 0.1) is 12.2 Å². The van der Waals surface area contributed by atoms with Crippen LogP contribution in [-0.4, -0.2) is 71.5 Å². The Morgan fingerprint density at radius 2 is 1.24 bits per heavy atom. The van der Waals surface area contributed by atoms with Crippen LogP contribution in [0.15, 0.2) is 0 Å². The number of aliphatic hydroxyl groups excluding tert-OH is 2. The number of aliphatic hydroxyl groups is 2. The molecule has 0 aromatic rings. The normalized spacial score (nSPS) is 23.3. The maximum absolute atomic E-state index is 9.66. The quantitative estimate of drug-likeness (QED) is 0.716. The average Bonchev–Trinajstić information content (AvgIpc) is 2.54. The topological polar surface area (TPSA) is 46.9 Å². The molecule has 4 nitrogen and oxygen atoms in total. The predicted molar refractivity (Wildman–Crippen MR) is 70.1 cm³/mol. The second-order valence-corrected chi connectivity index (χ2v) is 5.08. The molecule has 17 heavy (non-hydrogen) atoms. The summed E-state index contributed by atoms with van der Waals surface area (Å²) in [5, 5.41) is 19.3. The summed E-state index contributed by atoms with van der Waals surface area (Å²) in [7, 11) is 0. The molecule has 0 unspecified atom stereocenters. The molecule has 1 rings (SSSR count). The van der Waals surface area contributed by atoms with E-state index in [1.54, 1.807) is 0 Å². The molecule has 0 aromatic carbocycles. The van der Waals surface area contributed by atoms with E-state index in [4.69, 9.17) is 0 Å². The molecule has 0 saturated carbocycles. The Morgan fingerprint density at radius 1 is 0.824 bits per heavy atom. The highest BCUT2D eigenvalue weighted by Gasteiger charge is 2.17. The van der Waals surface area contributed by atoms with E-state index in [2.05, 4.69) is 9.80 Å². The van der Waals surface area contributed by atoms with Crippen LogP contribution >= 0.6 is 0 Å². The summed E-state index contributed by atoms with van der Waals surface area (Å²) in [6.45, 7) is 9.77. The van der Waals surface area contributed by atoms with Gasteiger partial charge in [0, 0.05) is 26.2 Å². The average molecular weight is 244 g/mol. The minimum absolute atomic E-state index is 0.192. The van der Waals surface area contributed by atoms with Gasteiger partial charge in [-0.2, -0.15) is 0 Å². The molecule has 0 bridgehead atoms. The molecule has 1 fully saturated rings. The van der Waals surface area contributed by atoms with Crippen LogP contribution in [0, 0.1) is 0 Å². The number of hydrogen-bond acceptors (Lipinski definition) is 4. The summed E-state index contributed by atoms with van der Waals surface area (Å²) in [6.07, 6.45) is 2.40. The third-order valence-electron chi connectivity index (χ3n) is 3.56. The van der Waals surface area contributed by atoms with E-state index >= 15 is 0 Å². The smallest absolute Gasteiger partial charge is 0.0664 e. The first kappa shape index (κ1) is 14.9. The molecular weight excluding hydrogens is 216 g/mol. The van der Waals surface area contributed by atoms with Gasteiger partial charge in [0.15, 0.2) is 0 Å². The Balaban J connectivity index is 2.29. The largest absolute Gasteiger partial charge is 0.392 e. The van der Waals surface area contributed by atoms with Crippen LogP contribution in [0.1, 0.15) is 33.1 Å². The standard InChI is InChI=1S/C13H28N2O2/c1-3-12(16)10-14-6-5-7-15(9-8-14)11-13(17)4-2/h12-13,16-17H,3-11H2,1-2H3/t12-,13-/m1/s1. The fraction of sp³-hybridized carbons (Fsp3) is 1.00. The Hall–Kier alpha value is -0.160. The maximum atomic E-state index is 9.66. The number of β-amino-alcohol motifs (C(OH)–C–C–N with tert-alkyl or cyclic N) is 2. The lowest BCUT2D eigenvalue weighted by Gasteiger charge is -2.24. The molecule has 1 saturated heterocycles. The minimum atomic E-state index is -0.192. The molecule has 102 valence electrons. The van der Waals surface area contributed by atoms with E-state index in [9.17, 15) is 10.2 Å². The van der Waals surface area contributed by atoms with Crippen molar-refractivity contribution in [2.45, 2.75) is 45.3 Å². The lowest BCUT2D eigenvalue weighted by Crippen LogP contribution is -2.37. The third kappa shape index (κ3) is 5.82. The lowest BCUT2D eigenvalue weighted by molar-refractivity contribution is 0.0999. The maximum Gasteiger partial charge on any atom is 0.0664 e. The van der Waals surface area contributed by atoms with Crippen molar-refractivity contribution < 1.29 is 10.2 Å². The zero-order chi connectivity index (χ0) is 12.7. The van der Waals surface area contributed by atoms with Gasteiger partial charge in [0.1, 0.15) is 0 Å². The molecule has 4 heteroatoms. The van der Waals surface area contributed by atoms with Gasteiger partial charge in [-0.1, -0.05) is 13.8 Å². The van der Waals surface area contributed by atoms with Crippen LogP contribution in [0.2, 0.25) is 0 Å². The predicted octanol–water partition coefficient (Wildman–Crippen LogP) is 0.536. The van der Waals surface area contributed by atoms with Crippen LogP contribution in [0.5, 0.6) is 0 Å².